The number of aliphatic carboxylic acids is 1. The molecular weight excluding hydrogens is 341 g/mol. The van der Waals surface area contributed by atoms with Gasteiger partial charge in [-0.05, 0) is 47.8 Å². The number of rotatable bonds is 7. The van der Waals surface area contributed by atoms with Crippen molar-refractivity contribution in [2.45, 2.75) is 39.2 Å². The zero-order chi connectivity index (χ0) is 16.0. The Morgan fingerprint density at radius 2 is 2.00 bits per heavy atom. The van der Waals surface area contributed by atoms with Gasteiger partial charge in [-0.1, -0.05) is 19.4 Å². The molecule has 0 spiro atoms. The summed E-state index contributed by atoms with van der Waals surface area (Å²) in [7, 11) is 0. The SMILES string of the molecule is CC(CCCC(C)C(=O)O)NC(=O)c1cccc(Br)c1F. The molecule has 0 saturated carbocycles. The zero-order valence-electron chi connectivity index (χ0n) is 12.0. The summed E-state index contributed by atoms with van der Waals surface area (Å²) in [5.41, 5.74) is -0.00451. The highest BCUT2D eigenvalue weighted by molar-refractivity contribution is 9.10. The smallest absolute Gasteiger partial charge is 0.306 e. The minimum absolute atomic E-state index is 0.00451. The number of carbonyl (C=O) groups excluding carboxylic acids is 1. The summed E-state index contributed by atoms with van der Waals surface area (Å²) in [6.45, 7) is 3.47. The number of carboxylic acid groups (broad SMARTS) is 1. The topological polar surface area (TPSA) is 66.4 Å². The first-order valence-corrected chi connectivity index (χ1v) is 7.60. The maximum absolute atomic E-state index is 13.8. The zero-order valence-corrected chi connectivity index (χ0v) is 13.6. The van der Waals surface area contributed by atoms with Gasteiger partial charge in [-0.25, -0.2) is 4.39 Å². The maximum atomic E-state index is 13.8. The number of carboxylic acids is 1. The van der Waals surface area contributed by atoms with Crippen molar-refractivity contribution >= 4 is 27.8 Å². The van der Waals surface area contributed by atoms with Crippen LogP contribution in [0.4, 0.5) is 4.39 Å². The van der Waals surface area contributed by atoms with Gasteiger partial charge in [0.25, 0.3) is 5.91 Å². The molecule has 1 aromatic rings. The van der Waals surface area contributed by atoms with Crippen LogP contribution in [-0.2, 0) is 4.79 Å². The second kappa shape index (κ2) is 8.12. The quantitative estimate of drug-likeness (QED) is 0.781. The van der Waals surface area contributed by atoms with Crippen molar-refractivity contribution in [3.05, 3.63) is 34.1 Å². The minimum atomic E-state index is -0.817. The van der Waals surface area contributed by atoms with E-state index in [0.717, 1.165) is 0 Å². The largest absolute Gasteiger partial charge is 0.481 e. The standard InChI is InChI=1S/C15H19BrFNO3/c1-9(15(20)21)5-3-6-10(2)18-14(19)11-7-4-8-12(16)13(11)17/h4,7-10H,3,5-6H2,1-2H3,(H,18,19)(H,20,21). The Labute approximate surface area is 131 Å². The molecule has 6 heteroatoms. The molecule has 1 rings (SSSR count). The van der Waals surface area contributed by atoms with E-state index >= 15 is 0 Å². The van der Waals surface area contributed by atoms with E-state index in [1.807, 2.05) is 6.92 Å². The number of amides is 1. The van der Waals surface area contributed by atoms with E-state index in [2.05, 4.69) is 21.2 Å². The van der Waals surface area contributed by atoms with Gasteiger partial charge in [-0.3, -0.25) is 9.59 Å². The summed E-state index contributed by atoms with van der Waals surface area (Å²) in [6, 6.07) is 4.41. The molecule has 2 unspecified atom stereocenters. The van der Waals surface area contributed by atoms with Gasteiger partial charge in [0, 0.05) is 6.04 Å². The van der Waals surface area contributed by atoms with Crippen molar-refractivity contribution in [3.63, 3.8) is 0 Å². The number of carbonyl (C=O) groups is 2. The average Bonchev–Trinajstić information content (AvgIpc) is 2.41. The van der Waals surface area contributed by atoms with Gasteiger partial charge >= 0.3 is 5.97 Å². The van der Waals surface area contributed by atoms with Gasteiger partial charge in [-0.15, -0.1) is 0 Å². The van der Waals surface area contributed by atoms with Crippen LogP contribution in [0.2, 0.25) is 0 Å². The molecule has 116 valence electrons. The van der Waals surface area contributed by atoms with Crippen molar-refractivity contribution < 1.29 is 19.1 Å². The first kappa shape index (κ1) is 17.6. The summed E-state index contributed by atoms with van der Waals surface area (Å²) in [5.74, 6) is -2.26. The summed E-state index contributed by atoms with van der Waals surface area (Å²) < 4.78 is 14.0. The maximum Gasteiger partial charge on any atom is 0.306 e. The Morgan fingerprint density at radius 3 is 2.62 bits per heavy atom. The van der Waals surface area contributed by atoms with E-state index in [-0.39, 0.29) is 16.1 Å². The van der Waals surface area contributed by atoms with Gasteiger partial charge in [0.15, 0.2) is 0 Å². The minimum Gasteiger partial charge on any atom is -0.481 e. The molecule has 0 radical (unpaired) electrons. The van der Waals surface area contributed by atoms with Crippen LogP contribution in [0.1, 0.15) is 43.5 Å². The Morgan fingerprint density at radius 1 is 1.33 bits per heavy atom. The Kier molecular flexibility index (Phi) is 6.81. The van der Waals surface area contributed by atoms with E-state index < -0.39 is 23.6 Å². The first-order chi connectivity index (χ1) is 9.82. The molecule has 0 heterocycles. The van der Waals surface area contributed by atoms with E-state index in [1.165, 1.54) is 12.1 Å². The molecule has 0 bridgehead atoms. The van der Waals surface area contributed by atoms with Crippen molar-refractivity contribution in [3.8, 4) is 0 Å². The van der Waals surface area contributed by atoms with E-state index in [4.69, 9.17) is 5.11 Å². The number of nitrogens with one attached hydrogen (secondary N) is 1. The van der Waals surface area contributed by atoms with Crippen LogP contribution >= 0.6 is 15.9 Å². The van der Waals surface area contributed by atoms with Crippen LogP contribution in [0.3, 0.4) is 0 Å². The highest BCUT2D eigenvalue weighted by Crippen LogP contribution is 2.18. The molecule has 0 aliphatic carbocycles. The van der Waals surface area contributed by atoms with Gasteiger partial charge < -0.3 is 10.4 Å². The monoisotopic (exact) mass is 359 g/mol. The molecule has 0 aliphatic rings. The molecule has 0 aliphatic heterocycles. The number of halogens is 2. The predicted molar refractivity (Wildman–Crippen MR) is 81.7 cm³/mol. The fraction of sp³-hybridized carbons (Fsp3) is 0.467. The van der Waals surface area contributed by atoms with Crippen molar-refractivity contribution in [2.24, 2.45) is 5.92 Å². The van der Waals surface area contributed by atoms with Gasteiger partial charge in [-0.2, -0.15) is 0 Å². The first-order valence-electron chi connectivity index (χ1n) is 6.80. The van der Waals surface area contributed by atoms with Crippen molar-refractivity contribution in [1.82, 2.24) is 5.32 Å². The Balaban J connectivity index is 2.47. The normalized spacial score (nSPS) is 13.5. The number of hydrogen-bond donors (Lipinski definition) is 2. The highest BCUT2D eigenvalue weighted by Gasteiger charge is 2.16. The molecule has 21 heavy (non-hydrogen) atoms. The molecule has 0 fully saturated rings. The third kappa shape index (κ3) is 5.46. The molecule has 2 atom stereocenters. The van der Waals surface area contributed by atoms with Crippen LogP contribution in [0.5, 0.6) is 0 Å². The van der Waals surface area contributed by atoms with E-state index in [1.54, 1.807) is 13.0 Å². The second-order valence-corrected chi connectivity index (χ2v) is 6.00. The van der Waals surface area contributed by atoms with Crippen LogP contribution in [0.15, 0.2) is 22.7 Å². The third-order valence-corrected chi connectivity index (χ3v) is 3.88. The van der Waals surface area contributed by atoms with Crippen LogP contribution in [0.25, 0.3) is 0 Å². The summed E-state index contributed by atoms with van der Waals surface area (Å²) in [4.78, 5) is 22.7. The summed E-state index contributed by atoms with van der Waals surface area (Å²) in [6.07, 6.45) is 1.90. The Hall–Kier alpha value is -1.43. The predicted octanol–water partition coefficient (Wildman–Crippen LogP) is 3.60. The molecule has 1 aromatic carbocycles. The van der Waals surface area contributed by atoms with Gasteiger partial charge in [0.1, 0.15) is 5.82 Å². The van der Waals surface area contributed by atoms with Gasteiger partial charge in [0.05, 0.1) is 16.0 Å². The number of benzene rings is 1. The van der Waals surface area contributed by atoms with Crippen molar-refractivity contribution in [2.75, 3.05) is 0 Å². The van der Waals surface area contributed by atoms with Crippen LogP contribution in [-0.4, -0.2) is 23.0 Å². The lowest BCUT2D eigenvalue weighted by molar-refractivity contribution is -0.141. The third-order valence-electron chi connectivity index (χ3n) is 3.27. The molecule has 0 saturated heterocycles. The summed E-state index contributed by atoms with van der Waals surface area (Å²) >= 11 is 3.04. The lowest BCUT2D eigenvalue weighted by Gasteiger charge is -2.15. The lowest BCUT2D eigenvalue weighted by Crippen LogP contribution is -2.33. The van der Waals surface area contributed by atoms with E-state index in [9.17, 15) is 14.0 Å². The fourth-order valence-electron chi connectivity index (χ4n) is 1.91. The molecular formula is C15H19BrFNO3. The van der Waals surface area contributed by atoms with Gasteiger partial charge in [0.2, 0.25) is 0 Å². The molecule has 0 aromatic heterocycles. The van der Waals surface area contributed by atoms with Crippen molar-refractivity contribution in [1.29, 1.82) is 0 Å². The fourth-order valence-corrected chi connectivity index (χ4v) is 2.27. The summed E-state index contributed by atoms with van der Waals surface area (Å²) in [5, 5.41) is 11.5. The molecule has 2 N–H and O–H groups in total. The molecule has 1 amide bonds. The number of hydrogen-bond acceptors (Lipinski definition) is 2. The van der Waals surface area contributed by atoms with E-state index in [0.29, 0.717) is 19.3 Å². The lowest BCUT2D eigenvalue weighted by atomic mass is 10.0. The van der Waals surface area contributed by atoms with Crippen LogP contribution < -0.4 is 5.32 Å². The average molecular weight is 360 g/mol. The highest BCUT2D eigenvalue weighted by atomic mass is 79.9. The van der Waals surface area contributed by atoms with Crippen LogP contribution in [0, 0.1) is 11.7 Å². The molecule has 4 nitrogen and oxygen atoms in total. The second-order valence-electron chi connectivity index (χ2n) is 5.15. The Bertz CT molecular complexity index is 522.